The fourth-order valence-corrected chi connectivity index (χ4v) is 3.46. The first kappa shape index (κ1) is 16.3. The van der Waals surface area contributed by atoms with Crippen molar-refractivity contribution in [2.75, 3.05) is 7.05 Å². The summed E-state index contributed by atoms with van der Waals surface area (Å²) < 4.78 is 38.9. The molecule has 21 heavy (non-hydrogen) atoms. The fraction of sp³-hybridized carbons (Fsp3) is 0.647. The molecule has 0 saturated heterocycles. The zero-order chi connectivity index (χ0) is 15.6. The van der Waals surface area contributed by atoms with E-state index in [1.807, 2.05) is 27.0 Å². The Labute approximate surface area is 124 Å². The van der Waals surface area contributed by atoms with Crippen molar-refractivity contribution in [2.24, 2.45) is 11.8 Å². The van der Waals surface area contributed by atoms with Gasteiger partial charge in [0, 0.05) is 6.04 Å². The number of alkyl halides is 3. The Morgan fingerprint density at radius 3 is 2.43 bits per heavy atom. The van der Waals surface area contributed by atoms with E-state index in [2.05, 4.69) is 17.4 Å². The van der Waals surface area contributed by atoms with E-state index in [0.29, 0.717) is 6.42 Å². The maximum Gasteiger partial charge on any atom is 0.391 e. The number of nitrogens with one attached hydrogen (secondary N) is 1. The Balaban J connectivity index is 2.18. The number of rotatable bonds is 3. The van der Waals surface area contributed by atoms with Gasteiger partial charge >= 0.3 is 6.18 Å². The van der Waals surface area contributed by atoms with Gasteiger partial charge in [-0.25, -0.2) is 0 Å². The molecule has 0 aromatic heterocycles. The molecule has 1 aliphatic carbocycles. The van der Waals surface area contributed by atoms with Gasteiger partial charge in [-0.05, 0) is 62.8 Å². The summed E-state index contributed by atoms with van der Waals surface area (Å²) in [6.45, 7) is 4.10. The standard InChI is InChI=1S/C17H24F3N/c1-11-7-8-14(9-12(11)2)16(21-3)13-5-4-6-15(10-13)17(18,19)20/h7-9,13,15-16,21H,4-6,10H2,1-3H3. The summed E-state index contributed by atoms with van der Waals surface area (Å²) in [7, 11) is 1.84. The van der Waals surface area contributed by atoms with Gasteiger partial charge in [0.15, 0.2) is 0 Å². The fourth-order valence-electron chi connectivity index (χ4n) is 3.46. The second-order valence-corrected chi connectivity index (χ2v) is 6.28. The minimum absolute atomic E-state index is 0.00875. The highest BCUT2D eigenvalue weighted by molar-refractivity contribution is 5.32. The third kappa shape index (κ3) is 3.79. The molecule has 4 heteroatoms. The van der Waals surface area contributed by atoms with E-state index in [0.717, 1.165) is 12.0 Å². The van der Waals surface area contributed by atoms with Crippen LogP contribution in [-0.2, 0) is 0 Å². The minimum Gasteiger partial charge on any atom is -0.313 e. The van der Waals surface area contributed by atoms with Crippen molar-refractivity contribution < 1.29 is 13.2 Å². The third-order valence-electron chi connectivity index (χ3n) is 4.85. The molecule has 1 saturated carbocycles. The smallest absolute Gasteiger partial charge is 0.313 e. The molecule has 0 aliphatic heterocycles. The largest absolute Gasteiger partial charge is 0.391 e. The lowest BCUT2D eigenvalue weighted by atomic mass is 9.75. The van der Waals surface area contributed by atoms with E-state index < -0.39 is 12.1 Å². The zero-order valence-corrected chi connectivity index (χ0v) is 12.9. The molecule has 1 fully saturated rings. The van der Waals surface area contributed by atoms with Gasteiger partial charge in [0.2, 0.25) is 0 Å². The molecule has 0 spiro atoms. The highest BCUT2D eigenvalue weighted by Gasteiger charge is 2.43. The van der Waals surface area contributed by atoms with Crippen molar-refractivity contribution in [1.82, 2.24) is 5.32 Å². The summed E-state index contributed by atoms with van der Waals surface area (Å²) in [5, 5.41) is 3.24. The predicted molar refractivity (Wildman–Crippen MR) is 79.2 cm³/mol. The monoisotopic (exact) mass is 299 g/mol. The molecule has 1 aromatic rings. The van der Waals surface area contributed by atoms with Crippen LogP contribution < -0.4 is 5.32 Å². The molecule has 1 N–H and O–H groups in total. The molecule has 3 atom stereocenters. The first-order valence-electron chi connectivity index (χ1n) is 7.64. The SMILES string of the molecule is CNC(c1ccc(C)c(C)c1)C1CCCC(C(F)(F)F)C1. The third-order valence-corrected chi connectivity index (χ3v) is 4.85. The molecule has 1 nitrogen and oxygen atoms in total. The molecule has 3 unspecified atom stereocenters. The molecule has 118 valence electrons. The zero-order valence-electron chi connectivity index (χ0n) is 12.9. The predicted octanol–water partition coefficient (Wildman–Crippen LogP) is 4.93. The van der Waals surface area contributed by atoms with Crippen LogP contribution in [0, 0.1) is 25.7 Å². The lowest BCUT2D eigenvalue weighted by molar-refractivity contribution is -0.186. The van der Waals surface area contributed by atoms with Crippen molar-refractivity contribution in [1.29, 1.82) is 0 Å². The lowest BCUT2D eigenvalue weighted by Gasteiger charge is -2.35. The maximum absolute atomic E-state index is 13.0. The van der Waals surface area contributed by atoms with Crippen LogP contribution in [0.5, 0.6) is 0 Å². The second kappa shape index (κ2) is 6.39. The number of halogens is 3. The topological polar surface area (TPSA) is 12.0 Å². The summed E-state index contributed by atoms with van der Waals surface area (Å²) in [5.41, 5.74) is 3.51. The quantitative estimate of drug-likeness (QED) is 0.834. The van der Waals surface area contributed by atoms with Gasteiger partial charge in [-0.15, -0.1) is 0 Å². The van der Waals surface area contributed by atoms with Gasteiger partial charge in [-0.2, -0.15) is 13.2 Å². The Bertz CT molecular complexity index is 481. The Morgan fingerprint density at radius 2 is 1.86 bits per heavy atom. The molecule has 0 bridgehead atoms. The lowest BCUT2D eigenvalue weighted by Crippen LogP contribution is -2.34. The normalized spacial score (nSPS) is 24.9. The van der Waals surface area contributed by atoms with Gasteiger partial charge in [-0.1, -0.05) is 24.6 Å². The average Bonchev–Trinajstić information content (AvgIpc) is 2.43. The molecular weight excluding hydrogens is 275 g/mol. The van der Waals surface area contributed by atoms with Crippen LogP contribution in [0.15, 0.2) is 18.2 Å². The van der Waals surface area contributed by atoms with Gasteiger partial charge in [0.1, 0.15) is 0 Å². The van der Waals surface area contributed by atoms with Crippen LogP contribution in [0.25, 0.3) is 0 Å². The Hall–Kier alpha value is -1.03. The van der Waals surface area contributed by atoms with Crippen LogP contribution in [0.3, 0.4) is 0 Å². The van der Waals surface area contributed by atoms with Crippen molar-refractivity contribution in [2.45, 2.75) is 51.7 Å². The molecule has 0 radical (unpaired) electrons. The van der Waals surface area contributed by atoms with Gasteiger partial charge in [0.05, 0.1) is 5.92 Å². The van der Waals surface area contributed by atoms with Crippen LogP contribution in [0.1, 0.15) is 48.4 Å². The molecule has 1 aliphatic rings. The number of hydrogen-bond donors (Lipinski definition) is 1. The molecule has 1 aromatic carbocycles. The average molecular weight is 299 g/mol. The van der Waals surface area contributed by atoms with Gasteiger partial charge in [0.25, 0.3) is 0 Å². The molecule has 0 amide bonds. The highest BCUT2D eigenvalue weighted by atomic mass is 19.4. The molecule has 2 rings (SSSR count). The highest BCUT2D eigenvalue weighted by Crippen LogP contribution is 2.43. The summed E-state index contributed by atoms with van der Waals surface area (Å²) in [6, 6.07) is 6.21. The van der Waals surface area contributed by atoms with Crippen molar-refractivity contribution in [3.05, 3.63) is 34.9 Å². The van der Waals surface area contributed by atoms with Crippen molar-refractivity contribution >= 4 is 0 Å². The van der Waals surface area contributed by atoms with Crippen LogP contribution in [0.4, 0.5) is 13.2 Å². The first-order chi connectivity index (χ1) is 9.82. The second-order valence-electron chi connectivity index (χ2n) is 6.28. The van der Waals surface area contributed by atoms with Crippen LogP contribution in [0.2, 0.25) is 0 Å². The van der Waals surface area contributed by atoms with Crippen LogP contribution >= 0.6 is 0 Å². The Kier molecular flexibility index (Phi) is 4.97. The van der Waals surface area contributed by atoms with E-state index in [9.17, 15) is 13.2 Å². The minimum atomic E-state index is -4.06. The van der Waals surface area contributed by atoms with E-state index in [1.165, 1.54) is 11.1 Å². The van der Waals surface area contributed by atoms with E-state index in [4.69, 9.17) is 0 Å². The van der Waals surface area contributed by atoms with Gasteiger partial charge < -0.3 is 5.32 Å². The van der Waals surface area contributed by atoms with Crippen LogP contribution in [-0.4, -0.2) is 13.2 Å². The number of benzene rings is 1. The molecular formula is C17H24F3N. The van der Waals surface area contributed by atoms with Crippen molar-refractivity contribution in [3.8, 4) is 0 Å². The summed E-state index contributed by atoms with van der Waals surface area (Å²) >= 11 is 0. The van der Waals surface area contributed by atoms with Gasteiger partial charge in [-0.3, -0.25) is 0 Å². The van der Waals surface area contributed by atoms with Crippen molar-refractivity contribution in [3.63, 3.8) is 0 Å². The van der Waals surface area contributed by atoms with E-state index >= 15 is 0 Å². The maximum atomic E-state index is 13.0. The molecule has 0 heterocycles. The summed E-state index contributed by atoms with van der Waals surface area (Å²) in [5.74, 6) is -1.09. The summed E-state index contributed by atoms with van der Waals surface area (Å²) in [6.07, 6.45) is -2.01. The Morgan fingerprint density at radius 1 is 1.14 bits per heavy atom. The number of aryl methyl sites for hydroxylation is 2. The van der Waals surface area contributed by atoms with E-state index in [-0.39, 0.29) is 24.8 Å². The summed E-state index contributed by atoms with van der Waals surface area (Å²) in [4.78, 5) is 0. The first-order valence-corrected chi connectivity index (χ1v) is 7.64. The van der Waals surface area contributed by atoms with E-state index in [1.54, 1.807) is 0 Å². The number of hydrogen-bond acceptors (Lipinski definition) is 1.